The summed E-state index contributed by atoms with van der Waals surface area (Å²) in [7, 11) is -3.19. The minimum atomic E-state index is -3.19. The fourth-order valence-corrected chi connectivity index (χ4v) is 4.85. The Kier molecular flexibility index (Phi) is 5.00. The van der Waals surface area contributed by atoms with Crippen molar-refractivity contribution >= 4 is 10.0 Å². The molecule has 0 radical (unpaired) electrons. The molecule has 2 fully saturated rings. The van der Waals surface area contributed by atoms with E-state index < -0.39 is 10.0 Å². The molecule has 0 bridgehead atoms. The first-order valence-electron chi connectivity index (χ1n) is 6.95. The molecule has 0 saturated carbocycles. The van der Waals surface area contributed by atoms with Crippen LogP contribution >= 0.6 is 0 Å². The second-order valence-corrected chi connectivity index (χ2v) is 7.31. The quantitative estimate of drug-likeness (QED) is 0.815. The number of ether oxygens (including phenoxy) is 1. The average molecular weight is 276 g/mol. The number of hydrogen-bond donors (Lipinski definition) is 1. The normalized spacial score (nSPS) is 31.4. The highest BCUT2D eigenvalue weighted by Crippen LogP contribution is 2.23. The maximum absolute atomic E-state index is 12.6. The number of rotatable bonds is 4. The predicted octanol–water partition coefficient (Wildman–Crippen LogP) is 0.569. The molecule has 1 N–H and O–H groups in total. The van der Waals surface area contributed by atoms with Gasteiger partial charge in [0.1, 0.15) is 0 Å². The van der Waals surface area contributed by atoms with E-state index in [0.717, 1.165) is 38.8 Å². The van der Waals surface area contributed by atoms with Crippen molar-refractivity contribution in [3.05, 3.63) is 0 Å². The highest BCUT2D eigenvalue weighted by molar-refractivity contribution is 7.89. The molecule has 2 aliphatic rings. The van der Waals surface area contributed by atoms with E-state index in [9.17, 15) is 8.42 Å². The van der Waals surface area contributed by atoms with Gasteiger partial charge >= 0.3 is 0 Å². The zero-order valence-corrected chi connectivity index (χ0v) is 11.9. The Bertz CT molecular complexity index is 350. The Balaban J connectivity index is 2.10. The Morgan fingerprint density at radius 1 is 1.44 bits per heavy atom. The Morgan fingerprint density at radius 3 is 2.94 bits per heavy atom. The van der Waals surface area contributed by atoms with Crippen LogP contribution in [0.2, 0.25) is 0 Å². The summed E-state index contributed by atoms with van der Waals surface area (Å²) >= 11 is 0. The molecule has 0 aromatic rings. The summed E-state index contributed by atoms with van der Waals surface area (Å²) in [5.74, 6) is 0. The van der Waals surface area contributed by atoms with Crippen molar-refractivity contribution in [2.45, 2.75) is 43.9 Å². The van der Waals surface area contributed by atoms with E-state index in [4.69, 9.17) is 4.74 Å². The van der Waals surface area contributed by atoms with Gasteiger partial charge in [0.15, 0.2) is 0 Å². The van der Waals surface area contributed by atoms with Crippen LogP contribution in [-0.2, 0) is 14.8 Å². The first kappa shape index (κ1) is 14.2. The van der Waals surface area contributed by atoms with Crippen LogP contribution in [0.5, 0.6) is 0 Å². The van der Waals surface area contributed by atoms with Crippen molar-refractivity contribution in [3.63, 3.8) is 0 Å². The van der Waals surface area contributed by atoms with Crippen LogP contribution in [0.15, 0.2) is 0 Å². The topological polar surface area (TPSA) is 58.6 Å². The van der Waals surface area contributed by atoms with E-state index in [1.807, 2.05) is 0 Å². The van der Waals surface area contributed by atoms with Crippen LogP contribution < -0.4 is 5.32 Å². The molecule has 2 heterocycles. The zero-order valence-electron chi connectivity index (χ0n) is 11.1. The molecule has 0 aliphatic carbocycles. The summed E-state index contributed by atoms with van der Waals surface area (Å²) in [5, 5.41) is 2.96. The molecule has 0 aromatic carbocycles. The van der Waals surface area contributed by atoms with Gasteiger partial charge < -0.3 is 10.1 Å². The highest BCUT2D eigenvalue weighted by Gasteiger charge is 2.38. The molecule has 2 atom stereocenters. The van der Waals surface area contributed by atoms with Gasteiger partial charge in [-0.15, -0.1) is 0 Å². The third-order valence-corrected chi connectivity index (χ3v) is 6.13. The molecule has 2 saturated heterocycles. The first-order chi connectivity index (χ1) is 8.66. The van der Waals surface area contributed by atoms with Crippen molar-refractivity contribution in [2.24, 2.45) is 0 Å². The summed E-state index contributed by atoms with van der Waals surface area (Å²) in [6.07, 6.45) is 3.54. The largest absolute Gasteiger partial charge is 0.380 e. The number of nitrogens with one attached hydrogen (secondary N) is 1. The van der Waals surface area contributed by atoms with Crippen LogP contribution in [0, 0.1) is 0 Å². The lowest BCUT2D eigenvalue weighted by molar-refractivity contribution is 0.0962. The van der Waals surface area contributed by atoms with Gasteiger partial charge in [0.25, 0.3) is 0 Å². The fourth-order valence-electron chi connectivity index (χ4n) is 2.79. The Labute approximate surface area is 110 Å². The van der Waals surface area contributed by atoms with Crippen molar-refractivity contribution in [2.75, 3.05) is 32.8 Å². The van der Waals surface area contributed by atoms with Gasteiger partial charge in [-0.1, -0.05) is 13.3 Å². The monoisotopic (exact) mass is 276 g/mol. The number of piperazine rings is 1. The highest BCUT2D eigenvalue weighted by atomic mass is 32.2. The van der Waals surface area contributed by atoms with Crippen LogP contribution in [0.4, 0.5) is 0 Å². The molecule has 2 unspecified atom stereocenters. The number of nitrogens with zero attached hydrogens (tertiary/aromatic N) is 1. The van der Waals surface area contributed by atoms with Crippen LogP contribution in [0.3, 0.4) is 0 Å². The lowest BCUT2D eigenvalue weighted by Crippen LogP contribution is -2.56. The molecule has 5 nitrogen and oxygen atoms in total. The van der Waals surface area contributed by atoms with E-state index in [-0.39, 0.29) is 11.3 Å². The SMILES string of the molecule is CCCC1CNCCN1S(=O)(=O)C1CCCOC1. The van der Waals surface area contributed by atoms with Crippen molar-refractivity contribution in [1.82, 2.24) is 9.62 Å². The molecule has 0 amide bonds. The van der Waals surface area contributed by atoms with Gasteiger partial charge in [-0.3, -0.25) is 0 Å². The van der Waals surface area contributed by atoms with E-state index >= 15 is 0 Å². The van der Waals surface area contributed by atoms with E-state index in [1.165, 1.54) is 0 Å². The molecular weight excluding hydrogens is 252 g/mol. The summed E-state index contributed by atoms with van der Waals surface area (Å²) in [6, 6.07) is 0.121. The molecule has 2 rings (SSSR count). The van der Waals surface area contributed by atoms with Crippen molar-refractivity contribution < 1.29 is 13.2 Å². The van der Waals surface area contributed by atoms with E-state index in [0.29, 0.717) is 19.8 Å². The van der Waals surface area contributed by atoms with Crippen molar-refractivity contribution in [3.8, 4) is 0 Å². The minimum absolute atomic E-state index is 0.121. The second-order valence-electron chi connectivity index (χ2n) is 5.14. The van der Waals surface area contributed by atoms with Crippen molar-refractivity contribution in [1.29, 1.82) is 0 Å². The zero-order chi connectivity index (χ0) is 13.0. The third-order valence-electron chi connectivity index (χ3n) is 3.78. The molecule has 0 spiro atoms. The number of sulfonamides is 1. The minimum Gasteiger partial charge on any atom is -0.380 e. The standard InChI is InChI=1S/C12H24N2O3S/c1-2-4-11-9-13-6-7-14(11)18(15,16)12-5-3-8-17-10-12/h11-13H,2-10H2,1H3. The maximum atomic E-state index is 12.6. The summed E-state index contributed by atoms with van der Waals surface area (Å²) in [4.78, 5) is 0. The van der Waals surface area contributed by atoms with Gasteiger partial charge in [-0.25, -0.2) is 8.42 Å². The molecular formula is C12H24N2O3S. The van der Waals surface area contributed by atoms with E-state index in [1.54, 1.807) is 4.31 Å². The molecule has 2 aliphatic heterocycles. The molecule has 0 aromatic heterocycles. The first-order valence-corrected chi connectivity index (χ1v) is 8.45. The molecule has 106 valence electrons. The van der Waals surface area contributed by atoms with Crippen LogP contribution in [-0.4, -0.2) is 56.9 Å². The van der Waals surface area contributed by atoms with Crippen LogP contribution in [0.1, 0.15) is 32.6 Å². The van der Waals surface area contributed by atoms with Crippen LogP contribution in [0.25, 0.3) is 0 Å². The average Bonchev–Trinajstić information content (AvgIpc) is 2.41. The predicted molar refractivity (Wildman–Crippen MR) is 71.0 cm³/mol. The van der Waals surface area contributed by atoms with Gasteiger partial charge in [0, 0.05) is 32.3 Å². The van der Waals surface area contributed by atoms with Gasteiger partial charge in [0.05, 0.1) is 11.9 Å². The third kappa shape index (κ3) is 3.04. The second kappa shape index (κ2) is 6.32. The lowest BCUT2D eigenvalue weighted by Gasteiger charge is -2.38. The maximum Gasteiger partial charge on any atom is 0.219 e. The molecule has 6 heteroatoms. The smallest absolute Gasteiger partial charge is 0.219 e. The summed E-state index contributed by atoms with van der Waals surface area (Å²) < 4.78 is 32.3. The lowest BCUT2D eigenvalue weighted by atomic mass is 10.1. The summed E-state index contributed by atoms with van der Waals surface area (Å²) in [5.41, 5.74) is 0. The van der Waals surface area contributed by atoms with E-state index in [2.05, 4.69) is 12.2 Å². The number of hydrogen-bond acceptors (Lipinski definition) is 4. The Morgan fingerprint density at radius 2 is 2.28 bits per heavy atom. The summed E-state index contributed by atoms with van der Waals surface area (Å²) in [6.45, 7) is 5.30. The fraction of sp³-hybridized carbons (Fsp3) is 1.00. The Hall–Kier alpha value is -0.170. The molecule has 18 heavy (non-hydrogen) atoms. The van der Waals surface area contributed by atoms with Gasteiger partial charge in [-0.05, 0) is 19.3 Å². The van der Waals surface area contributed by atoms with Gasteiger partial charge in [-0.2, -0.15) is 4.31 Å². The van der Waals surface area contributed by atoms with Gasteiger partial charge in [0.2, 0.25) is 10.0 Å².